The minimum Gasteiger partial charge on any atom is -0.325 e. The molecule has 3 aromatic rings. The SMILES string of the molecule is CCn1c(SCC(=O)Nc2ccc(C(C)=O)cc2)nnc1-c1ccccc1Cl. The predicted molar refractivity (Wildman–Crippen MR) is 112 cm³/mol. The van der Waals surface area contributed by atoms with Crippen molar-refractivity contribution < 1.29 is 9.59 Å². The molecule has 0 aliphatic rings. The molecule has 0 aliphatic heterocycles. The number of hydrogen-bond acceptors (Lipinski definition) is 5. The van der Waals surface area contributed by atoms with Crippen molar-refractivity contribution in [1.29, 1.82) is 0 Å². The highest BCUT2D eigenvalue weighted by molar-refractivity contribution is 7.99. The lowest BCUT2D eigenvalue weighted by atomic mass is 10.1. The van der Waals surface area contributed by atoms with Gasteiger partial charge >= 0.3 is 0 Å². The molecule has 0 atom stereocenters. The lowest BCUT2D eigenvalue weighted by Gasteiger charge is -2.09. The van der Waals surface area contributed by atoms with Crippen LogP contribution >= 0.6 is 23.4 Å². The largest absolute Gasteiger partial charge is 0.325 e. The number of rotatable bonds is 7. The van der Waals surface area contributed by atoms with E-state index in [0.717, 1.165) is 5.56 Å². The highest BCUT2D eigenvalue weighted by Crippen LogP contribution is 2.29. The van der Waals surface area contributed by atoms with E-state index < -0.39 is 0 Å². The molecule has 1 heterocycles. The number of thioether (sulfide) groups is 1. The third-order valence-corrected chi connectivity index (χ3v) is 5.35. The molecule has 0 saturated carbocycles. The Morgan fingerprint density at radius 2 is 1.82 bits per heavy atom. The molecule has 0 saturated heterocycles. The smallest absolute Gasteiger partial charge is 0.234 e. The van der Waals surface area contributed by atoms with Crippen molar-refractivity contribution in [3.63, 3.8) is 0 Å². The van der Waals surface area contributed by atoms with Crippen LogP contribution in [0, 0.1) is 0 Å². The fourth-order valence-electron chi connectivity index (χ4n) is 2.64. The van der Waals surface area contributed by atoms with Crippen molar-refractivity contribution in [3.05, 3.63) is 59.1 Å². The number of halogens is 1. The van der Waals surface area contributed by atoms with Crippen LogP contribution in [0.3, 0.4) is 0 Å². The van der Waals surface area contributed by atoms with Gasteiger partial charge in [0.25, 0.3) is 0 Å². The average molecular weight is 415 g/mol. The van der Waals surface area contributed by atoms with Crippen LogP contribution in [0.4, 0.5) is 5.69 Å². The van der Waals surface area contributed by atoms with Gasteiger partial charge in [-0.3, -0.25) is 9.59 Å². The van der Waals surface area contributed by atoms with Crippen molar-refractivity contribution in [2.75, 3.05) is 11.1 Å². The number of ketones is 1. The minimum absolute atomic E-state index is 0.0124. The van der Waals surface area contributed by atoms with Crippen LogP contribution in [0.15, 0.2) is 53.7 Å². The second-order valence-electron chi connectivity index (χ2n) is 6.00. The van der Waals surface area contributed by atoms with E-state index in [1.165, 1.54) is 18.7 Å². The van der Waals surface area contributed by atoms with Crippen molar-refractivity contribution >= 4 is 40.7 Å². The molecule has 0 fully saturated rings. The first-order valence-electron chi connectivity index (χ1n) is 8.71. The summed E-state index contributed by atoms with van der Waals surface area (Å²) in [5, 5.41) is 12.5. The monoisotopic (exact) mass is 414 g/mol. The van der Waals surface area contributed by atoms with Crippen LogP contribution in [0.5, 0.6) is 0 Å². The number of nitrogens with one attached hydrogen (secondary N) is 1. The van der Waals surface area contributed by atoms with Gasteiger partial charge in [-0.2, -0.15) is 0 Å². The lowest BCUT2D eigenvalue weighted by molar-refractivity contribution is -0.113. The van der Waals surface area contributed by atoms with E-state index in [0.29, 0.717) is 33.8 Å². The van der Waals surface area contributed by atoms with Gasteiger partial charge in [0.2, 0.25) is 5.91 Å². The third-order valence-electron chi connectivity index (χ3n) is 4.06. The third kappa shape index (κ3) is 4.61. The maximum absolute atomic E-state index is 12.3. The Hall–Kier alpha value is -2.64. The number of benzene rings is 2. The topological polar surface area (TPSA) is 76.9 Å². The number of hydrogen-bond donors (Lipinski definition) is 1. The number of anilines is 1. The van der Waals surface area contributed by atoms with Crippen molar-refractivity contribution in [2.24, 2.45) is 0 Å². The molecule has 28 heavy (non-hydrogen) atoms. The van der Waals surface area contributed by atoms with E-state index in [-0.39, 0.29) is 17.4 Å². The summed E-state index contributed by atoms with van der Waals surface area (Å²) in [6.07, 6.45) is 0. The van der Waals surface area contributed by atoms with Crippen LogP contribution in [0.25, 0.3) is 11.4 Å². The van der Waals surface area contributed by atoms with Crippen LogP contribution in [0.2, 0.25) is 5.02 Å². The molecule has 6 nitrogen and oxygen atoms in total. The van der Waals surface area contributed by atoms with Crippen molar-refractivity contribution in [1.82, 2.24) is 14.8 Å². The summed E-state index contributed by atoms with van der Waals surface area (Å²) in [6.45, 7) is 4.15. The van der Waals surface area contributed by atoms with Gasteiger partial charge in [-0.25, -0.2) is 0 Å². The van der Waals surface area contributed by atoms with Crippen LogP contribution in [0.1, 0.15) is 24.2 Å². The van der Waals surface area contributed by atoms with E-state index in [4.69, 9.17) is 11.6 Å². The highest BCUT2D eigenvalue weighted by atomic mass is 35.5. The van der Waals surface area contributed by atoms with Crippen LogP contribution in [-0.4, -0.2) is 32.2 Å². The van der Waals surface area contributed by atoms with Crippen LogP contribution in [-0.2, 0) is 11.3 Å². The zero-order valence-electron chi connectivity index (χ0n) is 15.5. The van der Waals surface area contributed by atoms with Crippen molar-refractivity contribution in [2.45, 2.75) is 25.5 Å². The molecular formula is C20H19ClN4O2S. The van der Waals surface area contributed by atoms with E-state index in [1.54, 1.807) is 24.3 Å². The maximum atomic E-state index is 12.3. The lowest BCUT2D eigenvalue weighted by Crippen LogP contribution is -2.14. The number of carbonyl (C=O) groups excluding carboxylic acids is 2. The first-order chi connectivity index (χ1) is 13.5. The quantitative estimate of drug-likeness (QED) is 0.453. The van der Waals surface area contributed by atoms with Gasteiger partial charge in [0.15, 0.2) is 16.8 Å². The summed E-state index contributed by atoms with van der Waals surface area (Å²) in [7, 11) is 0. The molecule has 0 bridgehead atoms. The summed E-state index contributed by atoms with van der Waals surface area (Å²) in [5.74, 6) is 0.692. The summed E-state index contributed by atoms with van der Waals surface area (Å²) < 4.78 is 1.93. The molecule has 1 aromatic heterocycles. The van der Waals surface area contributed by atoms with Crippen molar-refractivity contribution in [3.8, 4) is 11.4 Å². The summed E-state index contributed by atoms with van der Waals surface area (Å²) >= 11 is 7.58. The standard InChI is InChI=1S/C20H19ClN4O2S/c1-3-25-19(16-6-4-5-7-17(16)21)23-24-20(25)28-12-18(27)22-15-10-8-14(9-11-15)13(2)26/h4-11H,3,12H2,1-2H3,(H,22,27). The van der Waals surface area contributed by atoms with E-state index >= 15 is 0 Å². The molecule has 3 rings (SSSR count). The number of Topliss-reactive ketones (excluding diaryl/α,β-unsaturated/α-hetero) is 1. The highest BCUT2D eigenvalue weighted by Gasteiger charge is 2.16. The molecule has 0 unspecified atom stereocenters. The van der Waals surface area contributed by atoms with E-state index in [1.807, 2.05) is 35.8 Å². The normalized spacial score (nSPS) is 10.7. The summed E-state index contributed by atoms with van der Waals surface area (Å²) in [5.41, 5.74) is 2.06. The predicted octanol–water partition coefficient (Wildman–Crippen LogP) is 4.55. The molecular weight excluding hydrogens is 396 g/mol. The maximum Gasteiger partial charge on any atom is 0.234 e. The first-order valence-corrected chi connectivity index (χ1v) is 10.1. The molecule has 0 spiro atoms. The first kappa shape index (κ1) is 20.1. The second kappa shape index (κ2) is 9.03. The molecule has 2 aromatic carbocycles. The number of amides is 1. The molecule has 8 heteroatoms. The number of aromatic nitrogens is 3. The van der Waals surface area contributed by atoms with Crippen LogP contribution < -0.4 is 5.32 Å². The zero-order valence-corrected chi connectivity index (χ0v) is 17.0. The molecule has 0 aliphatic carbocycles. The van der Waals surface area contributed by atoms with Gasteiger partial charge < -0.3 is 9.88 Å². The second-order valence-corrected chi connectivity index (χ2v) is 7.35. The Morgan fingerprint density at radius 1 is 1.11 bits per heavy atom. The Labute approximate surface area is 172 Å². The molecule has 0 radical (unpaired) electrons. The Bertz CT molecular complexity index is 1000. The molecule has 144 valence electrons. The van der Waals surface area contributed by atoms with Gasteiger partial charge in [-0.05, 0) is 50.2 Å². The number of carbonyl (C=O) groups is 2. The molecule has 1 amide bonds. The van der Waals surface area contributed by atoms with Gasteiger partial charge in [-0.1, -0.05) is 35.5 Å². The number of nitrogens with zero attached hydrogens (tertiary/aromatic N) is 3. The minimum atomic E-state index is -0.162. The summed E-state index contributed by atoms with van der Waals surface area (Å²) in [4.78, 5) is 23.6. The van der Waals surface area contributed by atoms with E-state index in [9.17, 15) is 9.59 Å². The molecule has 1 N–H and O–H groups in total. The Kier molecular flexibility index (Phi) is 6.49. The zero-order chi connectivity index (χ0) is 20.1. The van der Waals surface area contributed by atoms with E-state index in [2.05, 4.69) is 15.5 Å². The average Bonchev–Trinajstić information content (AvgIpc) is 3.10. The Morgan fingerprint density at radius 3 is 2.46 bits per heavy atom. The fraction of sp³-hybridized carbons (Fsp3) is 0.200. The fourth-order valence-corrected chi connectivity index (χ4v) is 3.66. The van der Waals surface area contributed by atoms with Gasteiger partial charge in [0, 0.05) is 23.4 Å². The summed E-state index contributed by atoms with van der Waals surface area (Å²) in [6, 6.07) is 14.3. The van der Waals surface area contributed by atoms with Gasteiger partial charge in [0.05, 0.1) is 10.8 Å². The Balaban J connectivity index is 1.67. The van der Waals surface area contributed by atoms with Gasteiger partial charge in [0.1, 0.15) is 0 Å². The van der Waals surface area contributed by atoms with Gasteiger partial charge in [-0.15, -0.1) is 10.2 Å².